The summed E-state index contributed by atoms with van der Waals surface area (Å²) in [5.41, 5.74) is 5.07. The minimum Gasteiger partial charge on any atom is -0.274 e. The van der Waals surface area contributed by atoms with Crippen LogP contribution in [0.4, 0.5) is 0 Å². The lowest BCUT2D eigenvalue weighted by Crippen LogP contribution is -1.99. The first-order valence-electron chi connectivity index (χ1n) is 7.31. The molecule has 0 bridgehead atoms. The SMILES string of the molecule is Cc1ccc(C)c(CSc2nnc(C)n2-c2ccccc2)c1. The quantitative estimate of drug-likeness (QED) is 0.666. The maximum absolute atomic E-state index is 4.34. The van der Waals surface area contributed by atoms with Crippen LogP contribution in [0, 0.1) is 20.8 Å². The molecule has 2 aromatic carbocycles. The Bertz CT molecular complexity index is 778. The van der Waals surface area contributed by atoms with E-state index in [9.17, 15) is 0 Å². The number of nitrogens with zero attached hydrogens (tertiary/aromatic N) is 3. The van der Waals surface area contributed by atoms with E-state index in [1.165, 1.54) is 16.7 Å². The summed E-state index contributed by atoms with van der Waals surface area (Å²) in [6.07, 6.45) is 0. The van der Waals surface area contributed by atoms with Crippen molar-refractivity contribution in [1.29, 1.82) is 0 Å². The van der Waals surface area contributed by atoms with Crippen LogP contribution in [-0.2, 0) is 5.75 Å². The highest BCUT2D eigenvalue weighted by atomic mass is 32.2. The third-order valence-electron chi connectivity index (χ3n) is 3.67. The number of benzene rings is 2. The lowest BCUT2D eigenvalue weighted by Gasteiger charge is -2.09. The molecule has 0 aliphatic heterocycles. The summed E-state index contributed by atoms with van der Waals surface area (Å²) in [5.74, 6) is 1.81. The fourth-order valence-electron chi connectivity index (χ4n) is 2.41. The Morgan fingerprint density at radius 3 is 2.50 bits per heavy atom. The summed E-state index contributed by atoms with van der Waals surface area (Å²) in [5, 5.41) is 9.51. The molecule has 0 aliphatic rings. The van der Waals surface area contributed by atoms with E-state index in [1.54, 1.807) is 11.8 Å². The maximum atomic E-state index is 4.34. The fourth-order valence-corrected chi connectivity index (χ4v) is 3.47. The van der Waals surface area contributed by atoms with Crippen molar-refractivity contribution >= 4 is 11.8 Å². The van der Waals surface area contributed by atoms with Gasteiger partial charge in [0.15, 0.2) is 5.16 Å². The summed E-state index contributed by atoms with van der Waals surface area (Å²) >= 11 is 1.73. The summed E-state index contributed by atoms with van der Waals surface area (Å²) in [6.45, 7) is 6.27. The third-order valence-corrected chi connectivity index (χ3v) is 4.65. The highest BCUT2D eigenvalue weighted by molar-refractivity contribution is 7.98. The Morgan fingerprint density at radius 2 is 1.73 bits per heavy atom. The molecule has 0 atom stereocenters. The molecule has 0 saturated carbocycles. The zero-order valence-corrected chi connectivity index (χ0v) is 13.9. The normalized spacial score (nSPS) is 10.9. The Labute approximate surface area is 135 Å². The van der Waals surface area contributed by atoms with Crippen LogP contribution in [0.25, 0.3) is 5.69 Å². The van der Waals surface area contributed by atoms with Gasteiger partial charge in [0, 0.05) is 11.4 Å². The van der Waals surface area contributed by atoms with Gasteiger partial charge in [-0.25, -0.2) is 0 Å². The lowest BCUT2D eigenvalue weighted by molar-refractivity contribution is 0.868. The van der Waals surface area contributed by atoms with Gasteiger partial charge >= 0.3 is 0 Å². The molecule has 22 heavy (non-hydrogen) atoms. The first-order chi connectivity index (χ1) is 10.6. The lowest BCUT2D eigenvalue weighted by atomic mass is 10.1. The number of hydrogen-bond acceptors (Lipinski definition) is 3. The number of rotatable bonds is 4. The number of thioether (sulfide) groups is 1. The molecule has 0 fully saturated rings. The van der Waals surface area contributed by atoms with E-state index in [0.717, 1.165) is 22.4 Å². The van der Waals surface area contributed by atoms with E-state index in [4.69, 9.17) is 0 Å². The molecule has 0 spiro atoms. The van der Waals surface area contributed by atoms with Gasteiger partial charge < -0.3 is 0 Å². The minimum absolute atomic E-state index is 0.901. The predicted molar refractivity (Wildman–Crippen MR) is 91.6 cm³/mol. The first-order valence-corrected chi connectivity index (χ1v) is 8.30. The van der Waals surface area contributed by atoms with Gasteiger partial charge in [-0.05, 0) is 44.0 Å². The zero-order valence-electron chi connectivity index (χ0n) is 13.1. The van der Waals surface area contributed by atoms with Gasteiger partial charge in [-0.1, -0.05) is 53.7 Å². The molecule has 1 heterocycles. The van der Waals surface area contributed by atoms with E-state index in [-0.39, 0.29) is 0 Å². The Kier molecular flexibility index (Phi) is 4.29. The van der Waals surface area contributed by atoms with Gasteiger partial charge in [-0.3, -0.25) is 4.57 Å². The van der Waals surface area contributed by atoms with Crippen LogP contribution in [-0.4, -0.2) is 14.8 Å². The number of aromatic nitrogens is 3. The van der Waals surface area contributed by atoms with E-state index in [0.29, 0.717) is 0 Å². The van der Waals surface area contributed by atoms with Gasteiger partial charge in [0.1, 0.15) is 5.82 Å². The molecule has 3 nitrogen and oxygen atoms in total. The van der Waals surface area contributed by atoms with Crippen molar-refractivity contribution in [3.63, 3.8) is 0 Å². The van der Waals surface area contributed by atoms with Crippen LogP contribution in [0.5, 0.6) is 0 Å². The molecule has 0 N–H and O–H groups in total. The molecule has 3 aromatic rings. The zero-order chi connectivity index (χ0) is 15.5. The van der Waals surface area contributed by atoms with Gasteiger partial charge in [-0.2, -0.15) is 0 Å². The van der Waals surface area contributed by atoms with Crippen molar-refractivity contribution in [3.8, 4) is 5.69 Å². The van der Waals surface area contributed by atoms with Crippen LogP contribution < -0.4 is 0 Å². The summed E-state index contributed by atoms with van der Waals surface area (Å²) in [6, 6.07) is 16.8. The highest BCUT2D eigenvalue weighted by Gasteiger charge is 2.11. The van der Waals surface area contributed by atoms with Crippen LogP contribution in [0.3, 0.4) is 0 Å². The third kappa shape index (κ3) is 3.07. The second-order valence-corrected chi connectivity index (χ2v) is 6.36. The summed E-state index contributed by atoms with van der Waals surface area (Å²) < 4.78 is 2.11. The average Bonchev–Trinajstić information content (AvgIpc) is 2.90. The van der Waals surface area contributed by atoms with Crippen molar-refractivity contribution in [3.05, 3.63) is 71.0 Å². The Morgan fingerprint density at radius 1 is 0.955 bits per heavy atom. The molecule has 4 heteroatoms. The molecular weight excluding hydrogens is 290 g/mol. The molecule has 0 saturated heterocycles. The molecule has 0 amide bonds. The smallest absolute Gasteiger partial charge is 0.196 e. The largest absolute Gasteiger partial charge is 0.274 e. The van der Waals surface area contributed by atoms with Gasteiger partial charge in [0.25, 0.3) is 0 Å². The van der Waals surface area contributed by atoms with E-state index in [1.807, 2.05) is 25.1 Å². The monoisotopic (exact) mass is 309 g/mol. The number of para-hydroxylation sites is 1. The van der Waals surface area contributed by atoms with Crippen LogP contribution >= 0.6 is 11.8 Å². The van der Waals surface area contributed by atoms with Crippen LogP contribution in [0.2, 0.25) is 0 Å². The van der Waals surface area contributed by atoms with Crippen LogP contribution in [0.1, 0.15) is 22.5 Å². The first kappa shape index (κ1) is 14.9. The van der Waals surface area contributed by atoms with Gasteiger partial charge in [-0.15, -0.1) is 10.2 Å². The van der Waals surface area contributed by atoms with Crippen molar-refractivity contribution in [2.75, 3.05) is 0 Å². The van der Waals surface area contributed by atoms with Crippen molar-refractivity contribution in [2.45, 2.75) is 31.7 Å². The second-order valence-electron chi connectivity index (χ2n) is 5.42. The molecule has 3 rings (SSSR count). The molecule has 112 valence electrons. The summed E-state index contributed by atoms with van der Waals surface area (Å²) in [7, 11) is 0. The van der Waals surface area contributed by atoms with Gasteiger partial charge in [0.2, 0.25) is 0 Å². The average molecular weight is 309 g/mol. The second kappa shape index (κ2) is 6.36. The van der Waals surface area contributed by atoms with Crippen molar-refractivity contribution < 1.29 is 0 Å². The van der Waals surface area contributed by atoms with E-state index >= 15 is 0 Å². The van der Waals surface area contributed by atoms with Crippen LogP contribution in [0.15, 0.2) is 53.7 Å². The number of hydrogen-bond donors (Lipinski definition) is 0. The Balaban J connectivity index is 1.86. The Hall–Kier alpha value is -2.07. The summed E-state index contributed by atoms with van der Waals surface area (Å²) in [4.78, 5) is 0. The molecule has 0 aliphatic carbocycles. The van der Waals surface area contributed by atoms with Crippen molar-refractivity contribution in [2.24, 2.45) is 0 Å². The molecular formula is C18H19N3S. The molecule has 1 aromatic heterocycles. The standard InChI is InChI=1S/C18H19N3S/c1-13-9-10-14(2)16(11-13)12-22-18-20-19-15(3)21(18)17-7-5-4-6-8-17/h4-11H,12H2,1-3H3. The molecule has 0 radical (unpaired) electrons. The maximum Gasteiger partial charge on any atom is 0.196 e. The highest BCUT2D eigenvalue weighted by Crippen LogP contribution is 2.26. The number of aryl methyl sites for hydroxylation is 3. The van der Waals surface area contributed by atoms with Gasteiger partial charge in [0.05, 0.1) is 0 Å². The predicted octanol–water partition coefficient (Wildman–Crippen LogP) is 4.48. The van der Waals surface area contributed by atoms with E-state index in [2.05, 4.69) is 58.9 Å². The van der Waals surface area contributed by atoms with Crippen molar-refractivity contribution in [1.82, 2.24) is 14.8 Å². The molecule has 0 unspecified atom stereocenters. The van der Waals surface area contributed by atoms with E-state index < -0.39 is 0 Å². The topological polar surface area (TPSA) is 30.7 Å². The minimum atomic E-state index is 0.901. The fraction of sp³-hybridized carbons (Fsp3) is 0.222.